The molecule has 0 unspecified atom stereocenters. The van der Waals surface area contributed by atoms with Gasteiger partial charge in [-0.3, -0.25) is 9.36 Å². The van der Waals surface area contributed by atoms with E-state index in [1.54, 1.807) is 12.1 Å². The van der Waals surface area contributed by atoms with E-state index in [1.807, 2.05) is 41.0 Å². The third kappa shape index (κ3) is 5.91. The lowest BCUT2D eigenvalue weighted by Gasteiger charge is -2.17. The van der Waals surface area contributed by atoms with Crippen molar-refractivity contribution in [2.75, 3.05) is 11.1 Å². The molecular weight excluding hydrogens is 509 g/mol. The van der Waals surface area contributed by atoms with Crippen LogP contribution in [0.15, 0.2) is 78.0 Å². The molecule has 0 aliphatic carbocycles. The highest BCUT2D eigenvalue weighted by atomic mass is 35.5. The highest BCUT2D eigenvalue weighted by Crippen LogP contribution is 2.33. The van der Waals surface area contributed by atoms with Crippen molar-refractivity contribution in [2.24, 2.45) is 0 Å². The summed E-state index contributed by atoms with van der Waals surface area (Å²) in [6.45, 7) is 4.17. The molecule has 0 atom stereocenters. The number of hydrogen-bond donors (Lipinski definition) is 1. The van der Waals surface area contributed by atoms with Gasteiger partial charge in [0.1, 0.15) is 0 Å². The first-order chi connectivity index (χ1) is 17.1. The van der Waals surface area contributed by atoms with Crippen molar-refractivity contribution in [1.82, 2.24) is 14.8 Å². The summed E-state index contributed by atoms with van der Waals surface area (Å²) in [5.41, 5.74) is 1.99. The summed E-state index contributed by atoms with van der Waals surface area (Å²) in [6.07, 6.45) is -4.49. The van der Waals surface area contributed by atoms with Crippen LogP contribution in [-0.4, -0.2) is 26.4 Å². The van der Waals surface area contributed by atoms with Crippen molar-refractivity contribution in [3.63, 3.8) is 0 Å². The van der Waals surface area contributed by atoms with Crippen LogP contribution in [0.25, 0.3) is 17.1 Å². The van der Waals surface area contributed by atoms with Crippen molar-refractivity contribution < 1.29 is 18.0 Å². The van der Waals surface area contributed by atoms with Gasteiger partial charge in [0.15, 0.2) is 11.0 Å². The quantitative estimate of drug-likeness (QED) is 0.252. The Bertz CT molecular complexity index is 1370. The molecule has 4 rings (SSSR count). The Morgan fingerprint density at radius 1 is 1.03 bits per heavy atom. The third-order valence-electron chi connectivity index (χ3n) is 5.34. The maximum absolute atomic E-state index is 13.0. The van der Waals surface area contributed by atoms with Crippen molar-refractivity contribution in [3.05, 3.63) is 88.9 Å². The number of nitrogens with one attached hydrogen (secondary N) is 1. The second kappa shape index (κ2) is 10.8. The Morgan fingerprint density at radius 3 is 2.44 bits per heavy atom. The van der Waals surface area contributed by atoms with Gasteiger partial charge in [-0.25, -0.2) is 0 Å². The van der Waals surface area contributed by atoms with E-state index in [0.29, 0.717) is 16.0 Å². The zero-order valence-corrected chi connectivity index (χ0v) is 21.0. The average Bonchev–Trinajstić information content (AvgIpc) is 3.26. The molecule has 0 aliphatic rings. The number of halogens is 4. The van der Waals surface area contributed by atoms with Crippen LogP contribution in [-0.2, 0) is 11.0 Å². The van der Waals surface area contributed by atoms with Crippen molar-refractivity contribution >= 4 is 35.0 Å². The minimum absolute atomic E-state index is 0.0706. The van der Waals surface area contributed by atoms with Crippen molar-refractivity contribution in [1.29, 1.82) is 0 Å². The molecule has 0 saturated heterocycles. The lowest BCUT2D eigenvalue weighted by Crippen LogP contribution is -2.15. The molecule has 5 nitrogen and oxygen atoms in total. The SMILES string of the molecule is CC(C)c1ccccc1-n1c(SCC(=O)Nc2cccc(C(F)(F)F)c2)nnc1-c1ccc(Cl)cc1. The predicted octanol–water partition coefficient (Wildman–Crippen LogP) is 7.46. The maximum Gasteiger partial charge on any atom is 0.416 e. The molecule has 3 aromatic carbocycles. The first kappa shape index (κ1) is 25.8. The number of amides is 1. The van der Waals surface area contributed by atoms with Crippen molar-refractivity contribution in [3.8, 4) is 17.1 Å². The number of rotatable bonds is 7. The van der Waals surface area contributed by atoms with E-state index < -0.39 is 17.6 Å². The number of carbonyl (C=O) groups excluding carboxylic acids is 1. The fourth-order valence-corrected chi connectivity index (χ4v) is 4.52. The van der Waals surface area contributed by atoms with Crippen LogP contribution in [0, 0.1) is 0 Å². The molecule has 0 saturated carbocycles. The molecule has 10 heteroatoms. The number of nitrogens with zero attached hydrogens (tertiary/aromatic N) is 3. The van der Waals surface area contributed by atoms with Gasteiger partial charge in [0.05, 0.1) is 17.0 Å². The standard InChI is InChI=1S/C26H22ClF3N4OS/c1-16(2)21-8-3-4-9-22(21)34-24(17-10-12-19(27)13-11-17)32-33-25(34)36-15-23(35)31-20-7-5-6-18(14-20)26(28,29)30/h3-14,16H,15H2,1-2H3,(H,31,35). The Kier molecular flexibility index (Phi) is 7.70. The minimum atomic E-state index is -4.49. The molecule has 1 amide bonds. The molecule has 0 radical (unpaired) electrons. The Labute approximate surface area is 215 Å². The van der Waals surface area contributed by atoms with Gasteiger partial charge >= 0.3 is 6.18 Å². The van der Waals surface area contributed by atoms with Crippen LogP contribution in [0.4, 0.5) is 18.9 Å². The fourth-order valence-electron chi connectivity index (χ4n) is 3.65. The molecule has 186 valence electrons. The summed E-state index contributed by atoms with van der Waals surface area (Å²) < 4.78 is 40.9. The molecule has 0 fully saturated rings. The molecule has 1 aromatic heterocycles. The van der Waals surface area contributed by atoms with Crippen LogP contribution in [0.1, 0.15) is 30.9 Å². The van der Waals surface area contributed by atoms with Gasteiger partial charge in [0.2, 0.25) is 5.91 Å². The van der Waals surface area contributed by atoms with Gasteiger partial charge < -0.3 is 5.32 Å². The van der Waals surface area contributed by atoms with E-state index >= 15 is 0 Å². The molecule has 0 spiro atoms. The van der Waals surface area contributed by atoms with E-state index in [-0.39, 0.29) is 17.4 Å². The second-order valence-electron chi connectivity index (χ2n) is 8.28. The van der Waals surface area contributed by atoms with E-state index in [1.165, 1.54) is 12.1 Å². The van der Waals surface area contributed by atoms with E-state index in [9.17, 15) is 18.0 Å². The summed E-state index contributed by atoms with van der Waals surface area (Å²) in [5, 5.41) is 12.3. The summed E-state index contributed by atoms with van der Waals surface area (Å²) in [7, 11) is 0. The molecule has 1 N–H and O–H groups in total. The maximum atomic E-state index is 13.0. The smallest absolute Gasteiger partial charge is 0.325 e. The Hall–Kier alpha value is -3.30. The minimum Gasteiger partial charge on any atom is -0.325 e. The average molecular weight is 531 g/mol. The van der Waals surface area contributed by atoms with Crippen LogP contribution in [0.3, 0.4) is 0 Å². The number of anilines is 1. The zero-order chi connectivity index (χ0) is 25.9. The molecule has 1 heterocycles. The van der Waals surface area contributed by atoms with E-state index in [4.69, 9.17) is 11.6 Å². The highest BCUT2D eigenvalue weighted by Gasteiger charge is 2.30. The predicted molar refractivity (Wildman–Crippen MR) is 137 cm³/mol. The summed E-state index contributed by atoms with van der Waals surface area (Å²) >= 11 is 7.21. The topological polar surface area (TPSA) is 59.8 Å². The largest absolute Gasteiger partial charge is 0.416 e. The van der Waals surface area contributed by atoms with E-state index in [2.05, 4.69) is 29.4 Å². The number of thioether (sulfide) groups is 1. The van der Waals surface area contributed by atoms with Crippen molar-refractivity contribution in [2.45, 2.75) is 31.1 Å². The number of alkyl halides is 3. The van der Waals surface area contributed by atoms with Crippen LogP contribution >= 0.6 is 23.4 Å². The van der Waals surface area contributed by atoms with Gasteiger partial charge in [-0.15, -0.1) is 10.2 Å². The lowest BCUT2D eigenvalue weighted by molar-refractivity contribution is -0.137. The number of para-hydroxylation sites is 1. The Balaban J connectivity index is 1.63. The number of hydrogen-bond acceptors (Lipinski definition) is 4. The van der Waals surface area contributed by atoms with Crippen LogP contribution in [0.5, 0.6) is 0 Å². The van der Waals surface area contributed by atoms with Gasteiger partial charge in [0, 0.05) is 16.3 Å². The van der Waals surface area contributed by atoms with Gasteiger partial charge in [0.25, 0.3) is 0 Å². The zero-order valence-electron chi connectivity index (χ0n) is 19.4. The molecule has 0 aliphatic heterocycles. The van der Waals surface area contributed by atoms with Gasteiger partial charge in [-0.05, 0) is 60.0 Å². The number of benzene rings is 3. The third-order valence-corrected chi connectivity index (χ3v) is 6.52. The summed E-state index contributed by atoms with van der Waals surface area (Å²) in [4.78, 5) is 12.6. The summed E-state index contributed by atoms with van der Waals surface area (Å²) in [6, 6.07) is 19.6. The fraction of sp³-hybridized carbons (Fsp3) is 0.192. The molecular formula is C26H22ClF3N4OS. The number of carbonyl (C=O) groups is 1. The normalized spacial score (nSPS) is 11.6. The molecule has 0 bridgehead atoms. The number of aromatic nitrogens is 3. The van der Waals surface area contributed by atoms with E-state index in [0.717, 1.165) is 40.7 Å². The monoisotopic (exact) mass is 530 g/mol. The first-order valence-corrected chi connectivity index (χ1v) is 12.4. The van der Waals surface area contributed by atoms with Crippen LogP contribution in [0.2, 0.25) is 5.02 Å². The van der Waals surface area contributed by atoms with Gasteiger partial charge in [-0.1, -0.05) is 61.5 Å². The molecule has 36 heavy (non-hydrogen) atoms. The van der Waals surface area contributed by atoms with Gasteiger partial charge in [-0.2, -0.15) is 13.2 Å². The highest BCUT2D eigenvalue weighted by molar-refractivity contribution is 7.99. The molecule has 4 aromatic rings. The summed E-state index contributed by atoms with van der Waals surface area (Å²) in [5.74, 6) is 0.266. The lowest BCUT2D eigenvalue weighted by atomic mass is 10.0. The second-order valence-corrected chi connectivity index (χ2v) is 9.66. The van der Waals surface area contributed by atoms with Crippen LogP contribution < -0.4 is 5.32 Å². The Morgan fingerprint density at radius 2 is 1.75 bits per heavy atom. The first-order valence-electron chi connectivity index (χ1n) is 11.0.